The van der Waals surface area contributed by atoms with Gasteiger partial charge in [-0.15, -0.1) is 0 Å². The average molecular weight is 247 g/mol. The van der Waals surface area contributed by atoms with Gasteiger partial charge in [-0.2, -0.15) is 5.10 Å². The predicted octanol–water partition coefficient (Wildman–Crippen LogP) is 2.91. The Balaban J connectivity index is 2.28. The zero-order chi connectivity index (χ0) is 13.1. The van der Waals surface area contributed by atoms with Gasteiger partial charge in [0, 0.05) is 13.2 Å². The van der Waals surface area contributed by atoms with Crippen LogP contribution in [0.2, 0.25) is 0 Å². The summed E-state index contributed by atoms with van der Waals surface area (Å²) in [5.41, 5.74) is 2.17. The van der Waals surface area contributed by atoms with Gasteiger partial charge in [0.1, 0.15) is 11.5 Å². The van der Waals surface area contributed by atoms with Crippen molar-refractivity contribution in [1.29, 1.82) is 0 Å². The van der Waals surface area contributed by atoms with Gasteiger partial charge in [-0.05, 0) is 32.0 Å². The molecule has 2 rings (SSSR count). The van der Waals surface area contributed by atoms with E-state index in [0.717, 1.165) is 35.7 Å². The van der Waals surface area contributed by atoms with E-state index in [1.54, 1.807) is 0 Å². The van der Waals surface area contributed by atoms with E-state index in [9.17, 15) is 0 Å². The van der Waals surface area contributed by atoms with Gasteiger partial charge in [-0.1, -0.05) is 13.8 Å². The Morgan fingerprint density at radius 1 is 1.39 bits per heavy atom. The quantitative estimate of drug-likeness (QED) is 0.883. The standard InChI is InChI=1S/C14H21N3O/c1-5-12-11(9-17(4)16-12)14-8-7-13(18-14)10(3)15-6-2/h7-10,15H,5-6H2,1-4H3. The highest BCUT2D eigenvalue weighted by atomic mass is 16.3. The molecule has 0 spiro atoms. The number of aryl methyl sites for hydroxylation is 2. The molecule has 0 fully saturated rings. The third-order valence-corrected chi connectivity index (χ3v) is 3.07. The highest BCUT2D eigenvalue weighted by Gasteiger charge is 2.14. The van der Waals surface area contributed by atoms with Gasteiger partial charge in [0.05, 0.1) is 17.3 Å². The molecule has 1 unspecified atom stereocenters. The van der Waals surface area contributed by atoms with Gasteiger partial charge in [-0.25, -0.2) is 0 Å². The molecule has 2 aromatic rings. The van der Waals surface area contributed by atoms with Crippen molar-refractivity contribution >= 4 is 0 Å². The minimum atomic E-state index is 0.241. The lowest BCUT2D eigenvalue weighted by molar-refractivity contribution is 0.445. The molecule has 2 heterocycles. The molecule has 0 bridgehead atoms. The summed E-state index contributed by atoms with van der Waals surface area (Å²) in [6.45, 7) is 7.24. The molecular weight excluding hydrogens is 226 g/mol. The summed E-state index contributed by atoms with van der Waals surface area (Å²) < 4.78 is 7.76. The molecular formula is C14H21N3O. The molecule has 4 nitrogen and oxygen atoms in total. The normalized spacial score (nSPS) is 12.9. The van der Waals surface area contributed by atoms with Crippen LogP contribution >= 0.6 is 0 Å². The zero-order valence-corrected chi connectivity index (χ0v) is 11.5. The maximum absolute atomic E-state index is 5.92. The first-order valence-electron chi connectivity index (χ1n) is 6.51. The lowest BCUT2D eigenvalue weighted by atomic mass is 10.1. The third-order valence-electron chi connectivity index (χ3n) is 3.07. The van der Waals surface area contributed by atoms with Gasteiger partial charge in [0.25, 0.3) is 0 Å². The fraction of sp³-hybridized carbons (Fsp3) is 0.500. The Labute approximate surface area is 108 Å². The largest absolute Gasteiger partial charge is 0.459 e. The molecule has 0 aliphatic heterocycles. The van der Waals surface area contributed by atoms with Gasteiger partial charge >= 0.3 is 0 Å². The summed E-state index contributed by atoms with van der Waals surface area (Å²) in [4.78, 5) is 0. The third kappa shape index (κ3) is 2.48. The van der Waals surface area contributed by atoms with Crippen LogP contribution in [0.25, 0.3) is 11.3 Å². The van der Waals surface area contributed by atoms with E-state index in [1.807, 2.05) is 30.1 Å². The Hall–Kier alpha value is -1.55. The van der Waals surface area contributed by atoms with Crippen LogP contribution in [0.1, 0.15) is 38.3 Å². The molecule has 0 aliphatic carbocycles. The van der Waals surface area contributed by atoms with E-state index in [2.05, 4.69) is 31.2 Å². The monoisotopic (exact) mass is 247 g/mol. The second-order valence-electron chi connectivity index (χ2n) is 4.50. The molecule has 0 saturated carbocycles. The predicted molar refractivity (Wildman–Crippen MR) is 72.4 cm³/mol. The first-order chi connectivity index (χ1) is 8.65. The molecule has 1 N–H and O–H groups in total. The van der Waals surface area contributed by atoms with E-state index in [0.29, 0.717) is 0 Å². The van der Waals surface area contributed by atoms with Crippen LogP contribution in [0, 0.1) is 0 Å². The molecule has 98 valence electrons. The fourth-order valence-electron chi connectivity index (χ4n) is 2.14. The molecule has 0 aliphatic rings. The van der Waals surface area contributed by atoms with Crippen molar-refractivity contribution in [3.63, 3.8) is 0 Å². The number of aromatic nitrogens is 2. The summed E-state index contributed by atoms with van der Waals surface area (Å²) in [5.74, 6) is 1.87. The van der Waals surface area contributed by atoms with Crippen LogP contribution < -0.4 is 5.32 Å². The summed E-state index contributed by atoms with van der Waals surface area (Å²) >= 11 is 0. The van der Waals surface area contributed by atoms with E-state index in [1.165, 1.54) is 0 Å². The molecule has 0 saturated heterocycles. The highest BCUT2D eigenvalue weighted by Crippen LogP contribution is 2.27. The maximum atomic E-state index is 5.92. The Morgan fingerprint density at radius 3 is 2.83 bits per heavy atom. The summed E-state index contributed by atoms with van der Waals surface area (Å²) in [5, 5.41) is 7.78. The zero-order valence-electron chi connectivity index (χ0n) is 11.5. The molecule has 0 radical (unpaired) electrons. The summed E-state index contributed by atoms with van der Waals surface area (Å²) in [6.07, 6.45) is 2.92. The number of furan rings is 1. The maximum Gasteiger partial charge on any atom is 0.137 e. The van der Waals surface area contributed by atoms with Gasteiger partial charge in [0.2, 0.25) is 0 Å². The lowest BCUT2D eigenvalue weighted by Crippen LogP contribution is -2.16. The van der Waals surface area contributed by atoms with Crippen molar-refractivity contribution in [2.24, 2.45) is 7.05 Å². The minimum Gasteiger partial charge on any atom is -0.459 e. The van der Waals surface area contributed by atoms with Gasteiger partial charge < -0.3 is 9.73 Å². The fourth-order valence-corrected chi connectivity index (χ4v) is 2.14. The molecule has 18 heavy (non-hydrogen) atoms. The van der Waals surface area contributed by atoms with Crippen LogP contribution in [-0.2, 0) is 13.5 Å². The molecule has 0 amide bonds. The Bertz CT molecular complexity index is 513. The smallest absolute Gasteiger partial charge is 0.137 e. The van der Waals surface area contributed by atoms with Crippen LogP contribution in [0.15, 0.2) is 22.7 Å². The first kappa shape index (κ1) is 12.9. The Morgan fingerprint density at radius 2 is 2.17 bits per heavy atom. The number of hydrogen-bond acceptors (Lipinski definition) is 3. The van der Waals surface area contributed by atoms with Crippen molar-refractivity contribution in [3.05, 3.63) is 29.8 Å². The van der Waals surface area contributed by atoms with E-state index in [-0.39, 0.29) is 6.04 Å². The highest BCUT2D eigenvalue weighted by molar-refractivity contribution is 5.59. The van der Waals surface area contributed by atoms with Gasteiger partial charge in [-0.3, -0.25) is 4.68 Å². The van der Waals surface area contributed by atoms with Crippen molar-refractivity contribution < 1.29 is 4.42 Å². The minimum absolute atomic E-state index is 0.241. The van der Waals surface area contributed by atoms with Gasteiger partial charge in [0.15, 0.2) is 0 Å². The van der Waals surface area contributed by atoms with Crippen molar-refractivity contribution in [2.45, 2.75) is 33.2 Å². The SMILES string of the molecule is CCNC(C)c1ccc(-c2cn(C)nc2CC)o1. The Kier molecular flexibility index (Phi) is 3.87. The van der Waals surface area contributed by atoms with E-state index >= 15 is 0 Å². The van der Waals surface area contributed by atoms with Crippen LogP contribution in [0.4, 0.5) is 0 Å². The molecule has 0 aromatic carbocycles. The number of rotatable bonds is 5. The van der Waals surface area contributed by atoms with Crippen LogP contribution in [0.3, 0.4) is 0 Å². The number of nitrogens with one attached hydrogen (secondary N) is 1. The summed E-state index contributed by atoms with van der Waals surface area (Å²) in [7, 11) is 1.94. The van der Waals surface area contributed by atoms with Crippen LogP contribution in [-0.4, -0.2) is 16.3 Å². The van der Waals surface area contributed by atoms with Crippen molar-refractivity contribution in [1.82, 2.24) is 15.1 Å². The van der Waals surface area contributed by atoms with E-state index < -0.39 is 0 Å². The first-order valence-corrected chi connectivity index (χ1v) is 6.51. The lowest BCUT2D eigenvalue weighted by Gasteiger charge is -2.08. The molecule has 1 atom stereocenters. The second kappa shape index (κ2) is 5.40. The molecule has 2 aromatic heterocycles. The summed E-state index contributed by atoms with van der Waals surface area (Å²) in [6, 6.07) is 4.31. The number of nitrogens with zero attached hydrogens (tertiary/aromatic N) is 2. The van der Waals surface area contributed by atoms with Crippen LogP contribution in [0.5, 0.6) is 0 Å². The van der Waals surface area contributed by atoms with Crippen molar-refractivity contribution in [2.75, 3.05) is 6.54 Å². The topological polar surface area (TPSA) is 43.0 Å². The average Bonchev–Trinajstić information content (AvgIpc) is 2.95. The number of hydrogen-bond donors (Lipinski definition) is 1. The second-order valence-corrected chi connectivity index (χ2v) is 4.50. The van der Waals surface area contributed by atoms with E-state index in [4.69, 9.17) is 4.42 Å². The molecule has 4 heteroatoms. The van der Waals surface area contributed by atoms with Crippen molar-refractivity contribution in [3.8, 4) is 11.3 Å².